The molecule has 2 heterocycles. The Balaban J connectivity index is 1.75. The van der Waals surface area contributed by atoms with Crippen LogP contribution in [0.1, 0.15) is 36.4 Å². The van der Waals surface area contributed by atoms with E-state index in [2.05, 4.69) is 5.32 Å². The van der Waals surface area contributed by atoms with Crippen LogP contribution in [0.4, 0.5) is 0 Å². The molecule has 1 aliphatic heterocycles. The molecule has 1 aromatic heterocycles. The van der Waals surface area contributed by atoms with Crippen LogP contribution in [0.2, 0.25) is 0 Å². The van der Waals surface area contributed by atoms with E-state index in [0.717, 1.165) is 28.8 Å². The second-order valence-corrected chi connectivity index (χ2v) is 7.73. The lowest BCUT2D eigenvalue weighted by Crippen LogP contribution is -2.51. The van der Waals surface area contributed by atoms with Gasteiger partial charge in [0, 0.05) is 19.6 Å². The second-order valence-electron chi connectivity index (χ2n) is 6.82. The molecule has 25 heavy (non-hydrogen) atoms. The molecule has 0 bridgehead atoms. The van der Waals surface area contributed by atoms with Crippen molar-refractivity contribution < 1.29 is 9.59 Å². The Morgan fingerprint density at radius 1 is 1.24 bits per heavy atom. The van der Waals surface area contributed by atoms with Crippen LogP contribution < -0.4 is 5.32 Å². The first-order valence-electron chi connectivity index (χ1n) is 8.75. The monoisotopic (exact) mass is 356 g/mol. The Bertz CT molecular complexity index is 756. The van der Waals surface area contributed by atoms with Crippen LogP contribution in [0.3, 0.4) is 0 Å². The highest BCUT2D eigenvalue weighted by atomic mass is 32.1. The average Bonchev–Trinajstić information content (AvgIpc) is 3.12. The third-order valence-electron chi connectivity index (χ3n) is 4.79. The van der Waals surface area contributed by atoms with E-state index in [4.69, 9.17) is 0 Å². The van der Waals surface area contributed by atoms with Gasteiger partial charge in [0.15, 0.2) is 0 Å². The number of nitrogens with zero attached hydrogens (tertiary/aromatic N) is 1. The number of piperidine rings is 1. The van der Waals surface area contributed by atoms with Gasteiger partial charge in [0.1, 0.15) is 0 Å². The van der Waals surface area contributed by atoms with Gasteiger partial charge in [-0.05, 0) is 49.3 Å². The Kier molecular flexibility index (Phi) is 5.23. The molecule has 132 valence electrons. The Morgan fingerprint density at radius 3 is 2.72 bits per heavy atom. The Hall–Kier alpha value is -2.14. The van der Waals surface area contributed by atoms with Crippen molar-refractivity contribution in [3.8, 4) is 11.1 Å². The van der Waals surface area contributed by atoms with Crippen LogP contribution in [0.25, 0.3) is 11.1 Å². The molecule has 1 aliphatic rings. The van der Waals surface area contributed by atoms with E-state index in [0.29, 0.717) is 19.6 Å². The summed E-state index contributed by atoms with van der Waals surface area (Å²) in [6.45, 7) is 5.70. The number of carbonyl (C=O) groups excluding carboxylic acids is 2. The zero-order valence-corrected chi connectivity index (χ0v) is 15.6. The predicted octanol–water partition coefficient (Wildman–Crippen LogP) is 3.79. The van der Waals surface area contributed by atoms with Crippen LogP contribution in [0.15, 0.2) is 41.8 Å². The number of benzene rings is 1. The molecular weight excluding hydrogens is 332 g/mol. The summed E-state index contributed by atoms with van der Waals surface area (Å²) < 4.78 is 0. The number of hydrogen-bond donors (Lipinski definition) is 1. The molecule has 4 nitrogen and oxygen atoms in total. The predicted molar refractivity (Wildman–Crippen MR) is 102 cm³/mol. The fraction of sp³-hybridized carbons (Fsp3) is 0.400. The highest BCUT2D eigenvalue weighted by Crippen LogP contribution is 2.32. The third-order valence-corrected chi connectivity index (χ3v) is 5.70. The van der Waals surface area contributed by atoms with Gasteiger partial charge in [-0.15, -0.1) is 11.3 Å². The SMILES string of the molecule is CCNC(=O)C1(C)CCCN(C(=O)c2cc(-c3ccccc3)cs2)C1. The van der Waals surface area contributed by atoms with Crippen molar-refractivity contribution in [3.05, 3.63) is 46.7 Å². The molecule has 1 fully saturated rings. The number of thiophene rings is 1. The van der Waals surface area contributed by atoms with Crippen LogP contribution in [0, 0.1) is 5.41 Å². The summed E-state index contributed by atoms with van der Waals surface area (Å²) in [6, 6.07) is 12.0. The zero-order valence-electron chi connectivity index (χ0n) is 14.7. The quantitative estimate of drug-likeness (QED) is 0.906. The molecule has 0 saturated carbocycles. The minimum atomic E-state index is -0.497. The normalized spacial score (nSPS) is 20.3. The lowest BCUT2D eigenvalue weighted by Gasteiger charge is -2.39. The summed E-state index contributed by atoms with van der Waals surface area (Å²) in [5.74, 6) is 0.0751. The van der Waals surface area contributed by atoms with E-state index in [1.54, 1.807) is 0 Å². The maximum absolute atomic E-state index is 12.9. The molecule has 2 aromatic rings. The minimum absolute atomic E-state index is 0.0300. The molecule has 1 atom stereocenters. The largest absolute Gasteiger partial charge is 0.356 e. The first-order chi connectivity index (χ1) is 12.0. The van der Waals surface area contributed by atoms with Gasteiger partial charge in [0.25, 0.3) is 5.91 Å². The fourth-order valence-electron chi connectivity index (χ4n) is 3.36. The molecule has 5 heteroatoms. The summed E-state index contributed by atoms with van der Waals surface area (Å²) >= 11 is 1.47. The van der Waals surface area contributed by atoms with Crippen LogP contribution >= 0.6 is 11.3 Å². The molecule has 0 aliphatic carbocycles. The van der Waals surface area contributed by atoms with E-state index < -0.39 is 5.41 Å². The van der Waals surface area contributed by atoms with E-state index in [-0.39, 0.29) is 11.8 Å². The van der Waals surface area contributed by atoms with Gasteiger partial charge in [-0.1, -0.05) is 30.3 Å². The maximum atomic E-state index is 12.9. The molecule has 1 aromatic carbocycles. The molecule has 2 amide bonds. The smallest absolute Gasteiger partial charge is 0.263 e. The number of hydrogen-bond acceptors (Lipinski definition) is 3. The maximum Gasteiger partial charge on any atom is 0.263 e. The second kappa shape index (κ2) is 7.40. The first kappa shape index (κ1) is 17.7. The number of carbonyl (C=O) groups is 2. The van der Waals surface area contributed by atoms with Gasteiger partial charge in [0.2, 0.25) is 5.91 Å². The average molecular weight is 356 g/mol. The Morgan fingerprint density at radius 2 is 2.00 bits per heavy atom. The highest BCUT2D eigenvalue weighted by molar-refractivity contribution is 7.12. The van der Waals surface area contributed by atoms with Crippen molar-refractivity contribution in [3.63, 3.8) is 0 Å². The van der Waals surface area contributed by atoms with Crippen LogP contribution in [-0.2, 0) is 4.79 Å². The van der Waals surface area contributed by atoms with E-state index >= 15 is 0 Å². The van der Waals surface area contributed by atoms with Gasteiger partial charge in [-0.2, -0.15) is 0 Å². The highest BCUT2D eigenvalue weighted by Gasteiger charge is 2.39. The third kappa shape index (κ3) is 3.76. The lowest BCUT2D eigenvalue weighted by atomic mass is 9.81. The van der Waals surface area contributed by atoms with Crippen molar-refractivity contribution in [1.29, 1.82) is 0 Å². The molecule has 1 saturated heterocycles. The molecule has 1 unspecified atom stereocenters. The standard InChI is InChI=1S/C20H24N2O2S/c1-3-21-19(24)20(2)10-7-11-22(14-20)18(23)17-12-16(13-25-17)15-8-5-4-6-9-15/h4-6,8-9,12-13H,3,7,10-11,14H2,1-2H3,(H,21,24). The van der Waals surface area contributed by atoms with Gasteiger partial charge in [-0.25, -0.2) is 0 Å². The van der Waals surface area contributed by atoms with Gasteiger partial charge >= 0.3 is 0 Å². The summed E-state index contributed by atoms with van der Waals surface area (Å²) in [5.41, 5.74) is 1.68. The van der Waals surface area contributed by atoms with Crippen molar-refractivity contribution in [2.45, 2.75) is 26.7 Å². The minimum Gasteiger partial charge on any atom is -0.356 e. The molecular formula is C20H24N2O2S. The number of likely N-dealkylation sites (tertiary alicyclic amines) is 1. The summed E-state index contributed by atoms with van der Waals surface area (Å²) in [7, 11) is 0. The summed E-state index contributed by atoms with van der Waals surface area (Å²) in [5, 5.41) is 4.93. The van der Waals surface area contributed by atoms with Crippen LogP contribution in [-0.4, -0.2) is 36.3 Å². The van der Waals surface area contributed by atoms with Crippen LogP contribution in [0.5, 0.6) is 0 Å². The van der Waals surface area contributed by atoms with Crippen molar-refractivity contribution in [2.24, 2.45) is 5.41 Å². The fourth-order valence-corrected chi connectivity index (χ4v) is 4.24. The van der Waals surface area contributed by atoms with E-state index in [1.807, 2.05) is 60.5 Å². The number of rotatable bonds is 4. The Labute approximate surface area is 152 Å². The van der Waals surface area contributed by atoms with Gasteiger partial charge in [-0.3, -0.25) is 9.59 Å². The zero-order chi connectivity index (χ0) is 17.9. The van der Waals surface area contributed by atoms with Crippen molar-refractivity contribution >= 4 is 23.2 Å². The molecule has 1 N–H and O–H groups in total. The summed E-state index contributed by atoms with van der Waals surface area (Å²) in [4.78, 5) is 27.9. The van der Waals surface area contributed by atoms with Gasteiger partial charge in [0.05, 0.1) is 10.3 Å². The topological polar surface area (TPSA) is 49.4 Å². The molecule has 0 radical (unpaired) electrons. The lowest BCUT2D eigenvalue weighted by molar-refractivity contribution is -0.132. The summed E-state index contributed by atoms with van der Waals surface area (Å²) in [6.07, 6.45) is 1.68. The van der Waals surface area contributed by atoms with Crippen molar-refractivity contribution in [2.75, 3.05) is 19.6 Å². The number of nitrogens with one attached hydrogen (secondary N) is 1. The first-order valence-corrected chi connectivity index (χ1v) is 9.63. The number of amides is 2. The van der Waals surface area contributed by atoms with Crippen molar-refractivity contribution in [1.82, 2.24) is 10.2 Å². The molecule has 3 rings (SSSR count). The van der Waals surface area contributed by atoms with E-state index in [1.165, 1.54) is 11.3 Å². The van der Waals surface area contributed by atoms with Gasteiger partial charge < -0.3 is 10.2 Å². The molecule has 0 spiro atoms. The van der Waals surface area contributed by atoms with E-state index in [9.17, 15) is 9.59 Å².